The zero-order valence-electron chi connectivity index (χ0n) is 55.4. The molecule has 0 saturated heterocycles. The lowest BCUT2D eigenvalue weighted by Gasteiger charge is -2.21. The molecule has 0 atom stereocenters. The number of benzene rings is 15. The van der Waals surface area contributed by atoms with E-state index in [1.807, 2.05) is 30.3 Å². The first kappa shape index (κ1) is 58.4. The minimum absolute atomic E-state index is 0.0812. The van der Waals surface area contributed by atoms with Crippen LogP contribution in [0.25, 0.3) is 192 Å². The van der Waals surface area contributed by atoms with Crippen LogP contribution in [-0.2, 0) is 6.18 Å². The van der Waals surface area contributed by atoms with Crippen LogP contribution in [0.4, 0.5) is 18.9 Å². The van der Waals surface area contributed by atoms with E-state index in [0.29, 0.717) is 33.6 Å². The van der Waals surface area contributed by atoms with Crippen LogP contribution < -0.4 is 0 Å². The summed E-state index contributed by atoms with van der Waals surface area (Å²) in [4.78, 5) is 4.32. The quantitative estimate of drug-likeness (QED) is 0.136. The zero-order valence-corrected chi connectivity index (χ0v) is 55.4. The van der Waals surface area contributed by atoms with Crippen molar-refractivity contribution in [3.8, 4) is 56.4 Å². The van der Waals surface area contributed by atoms with Gasteiger partial charge in [-0.25, -0.2) is 4.85 Å². The molecule has 0 bridgehead atoms. The summed E-state index contributed by atoms with van der Waals surface area (Å²) >= 11 is 0. The largest absolute Gasteiger partial charge is 0.417 e. The fourth-order valence-corrected chi connectivity index (χ4v) is 17.3. The van der Waals surface area contributed by atoms with Gasteiger partial charge in [-0.2, -0.15) is 13.2 Å². The molecule has 21 aromatic rings. The topological polar surface area (TPSA) is 33.9 Å². The van der Waals surface area contributed by atoms with Crippen LogP contribution >= 0.6 is 0 Å². The Bertz CT molecular complexity index is 6720. The molecular weight excluding hydrogens is 1270 g/mol. The van der Waals surface area contributed by atoms with Crippen molar-refractivity contribution in [2.24, 2.45) is 0 Å². The lowest BCUT2D eigenvalue weighted by Crippen LogP contribution is -2.08. The van der Waals surface area contributed by atoms with E-state index in [9.17, 15) is 0 Å². The Morgan fingerprint density at radius 3 is 0.874 bits per heavy atom. The van der Waals surface area contributed by atoms with E-state index < -0.39 is 11.7 Å². The zero-order chi connectivity index (χ0) is 68.5. The van der Waals surface area contributed by atoms with Gasteiger partial charge in [-0.05, 0) is 186 Å². The summed E-state index contributed by atoms with van der Waals surface area (Å²) in [5.41, 5.74) is 19.4. The van der Waals surface area contributed by atoms with Gasteiger partial charge in [-0.3, -0.25) is 0 Å². The van der Waals surface area contributed by atoms with Crippen molar-refractivity contribution < 1.29 is 13.2 Å². The Hall–Kier alpha value is -13.6. The molecule has 0 spiro atoms. The fraction of sp³-hybridized carbons (Fsp3) is 0.0215. The van der Waals surface area contributed by atoms with Gasteiger partial charge in [-0.15, -0.1) is 0 Å². The minimum atomic E-state index is -4.67. The van der Waals surface area contributed by atoms with Crippen LogP contribution in [0.2, 0.25) is 0 Å². The normalized spacial score (nSPS) is 12.3. The lowest BCUT2D eigenvalue weighted by molar-refractivity contribution is -0.137. The second-order valence-corrected chi connectivity index (χ2v) is 27.0. The van der Waals surface area contributed by atoms with Crippen molar-refractivity contribution in [1.29, 1.82) is 0 Å². The molecule has 10 heteroatoms. The smallest absolute Gasteiger partial charge is 0.309 e. The maximum Gasteiger partial charge on any atom is 0.417 e. The highest BCUT2D eigenvalue weighted by atomic mass is 19.4. The first-order valence-corrected chi connectivity index (χ1v) is 34.6. The Balaban J connectivity index is 0.840. The van der Waals surface area contributed by atoms with E-state index in [2.05, 4.69) is 305 Å². The van der Waals surface area contributed by atoms with E-state index in [1.165, 1.54) is 12.1 Å². The fourth-order valence-electron chi connectivity index (χ4n) is 17.3. The molecule has 0 aliphatic rings. The van der Waals surface area contributed by atoms with Gasteiger partial charge in [0.25, 0.3) is 0 Å². The molecule has 0 amide bonds. The van der Waals surface area contributed by atoms with Gasteiger partial charge in [0.05, 0.1) is 84.0 Å². The summed E-state index contributed by atoms with van der Waals surface area (Å²) in [7, 11) is 0. The van der Waals surface area contributed by atoms with Crippen LogP contribution in [0.15, 0.2) is 322 Å². The first-order chi connectivity index (χ1) is 50.6. The van der Waals surface area contributed by atoms with Gasteiger partial charge >= 0.3 is 6.18 Å². The molecule has 6 aromatic heterocycles. The van der Waals surface area contributed by atoms with Gasteiger partial charge in [0.2, 0.25) is 0 Å². The third-order valence-electron chi connectivity index (χ3n) is 21.6. The van der Waals surface area contributed by atoms with Gasteiger partial charge in [-0.1, -0.05) is 170 Å². The van der Waals surface area contributed by atoms with Crippen molar-refractivity contribution in [3.05, 3.63) is 344 Å². The number of aromatic nitrogens is 6. The highest BCUT2D eigenvalue weighted by molar-refractivity contribution is 6.17. The molecule has 103 heavy (non-hydrogen) atoms. The average Bonchev–Trinajstić information content (AvgIpc) is 1.58. The monoisotopic (exact) mass is 1330 g/mol. The van der Waals surface area contributed by atoms with Gasteiger partial charge in [0, 0.05) is 93.1 Å². The number of hydrogen-bond donors (Lipinski definition) is 0. The number of fused-ring (bicyclic) bond motifs is 18. The summed E-state index contributed by atoms with van der Waals surface area (Å²) in [6, 6.07) is 111. The summed E-state index contributed by atoms with van der Waals surface area (Å²) in [5.74, 6) is 0. The van der Waals surface area contributed by atoms with Crippen LogP contribution in [-0.4, -0.2) is 27.4 Å². The van der Waals surface area contributed by atoms with Crippen LogP contribution in [0.5, 0.6) is 0 Å². The first-order valence-electron chi connectivity index (χ1n) is 34.6. The summed E-state index contributed by atoms with van der Waals surface area (Å²) in [6.45, 7) is 10.8. The highest BCUT2D eigenvalue weighted by Crippen LogP contribution is 2.48. The maximum atomic E-state index is 15.6. The van der Waals surface area contributed by atoms with Crippen LogP contribution in [0.1, 0.15) is 11.1 Å². The molecule has 15 aromatic carbocycles. The van der Waals surface area contributed by atoms with Crippen molar-refractivity contribution in [2.75, 3.05) is 0 Å². The SMILES string of the molecule is [C-]#[N+]c1ccc(-n2c3ccc(-n4c5ccccc5c5ccccc54)cc3c3cc(-n4c5ccccc5c5ccccc54)ccc32)cc1-c1cc(-c2c(C)cccc2C(F)(F)F)ccc1-n1c2ccc(-n3c4ccccc4c4ccccc43)cc2c2cc(-n3c4ccccc4c4ccccc43)ccc21. The predicted octanol–water partition coefficient (Wildman–Crippen LogP) is 25.5. The standard InChI is InChI=1S/C93H56F3N7/c1-56-20-19-29-77(93(94,95)96)92(56)57-38-45-89(103-90-48-42-61(100-83-34-15-7-25-67(83)68-26-8-16-35-84(68)100)54-75(90)76-55-62(43-49-91(76)103)101-85-36-17-9-27-69(85)70-28-10-18-37-86(70)101)72(50-57)71-51-58(39-44-78(71)97-2)102-87-46-40-59(98-79-30-11-3-21-63(79)64-22-4-12-31-80(64)98)52-73(87)74-53-60(41-47-88(74)102)99-81-32-13-5-23-65(81)66-24-6-14-33-82(66)99/h3-55H,1H3. The van der Waals surface area contributed by atoms with E-state index in [4.69, 9.17) is 6.57 Å². The molecule has 6 heterocycles. The molecule has 0 aliphatic carbocycles. The third-order valence-corrected chi connectivity index (χ3v) is 21.6. The Labute approximate surface area is 587 Å². The molecule has 0 aliphatic heterocycles. The van der Waals surface area contributed by atoms with Crippen molar-refractivity contribution in [2.45, 2.75) is 13.1 Å². The second kappa shape index (κ2) is 21.9. The number of aryl methyl sites for hydroxylation is 1. The molecule has 484 valence electrons. The van der Waals surface area contributed by atoms with E-state index in [-0.39, 0.29) is 5.56 Å². The molecule has 0 fully saturated rings. The number of para-hydroxylation sites is 8. The summed E-state index contributed by atoms with van der Waals surface area (Å²) in [5, 5.41) is 13.2. The highest BCUT2D eigenvalue weighted by Gasteiger charge is 2.35. The Morgan fingerprint density at radius 2 is 0.553 bits per heavy atom. The van der Waals surface area contributed by atoms with E-state index in [0.717, 1.165) is 159 Å². The number of halogens is 3. The van der Waals surface area contributed by atoms with Crippen LogP contribution in [0, 0.1) is 13.5 Å². The number of nitrogens with zero attached hydrogens (tertiary/aromatic N) is 7. The van der Waals surface area contributed by atoms with Crippen LogP contribution in [0.3, 0.4) is 0 Å². The Morgan fingerprint density at radius 1 is 0.262 bits per heavy atom. The number of rotatable bonds is 8. The summed E-state index contributed by atoms with van der Waals surface area (Å²) in [6.07, 6.45) is -4.67. The molecular formula is C93H56F3N7. The third kappa shape index (κ3) is 8.51. The molecule has 0 saturated carbocycles. The molecule has 7 nitrogen and oxygen atoms in total. The van der Waals surface area contributed by atoms with E-state index >= 15 is 13.2 Å². The van der Waals surface area contributed by atoms with Gasteiger partial charge in [0.1, 0.15) is 0 Å². The molecule has 0 unspecified atom stereocenters. The number of alkyl halides is 3. The average molecular weight is 1330 g/mol. The summed E-state index contributed by atoms with van der Waals surface area (Å²) < 4.78 is 60.8. The second-order valence-electron chi connectivity index (χ2n) is 27.0. The van der Waals surface area contributed by atoms with E-state index in [1.54, 1.807) is 13.0 Å². The molecule has 0 radical (unpaired) electrons. The van der Waals surface area contributed by atoms with Gasteiger partial charge < -0.3 is 27.4 Å². The van der Waals surface area contributed by atoms with Crippen molar-refractivity contribution in [3.63, 3.8) is 0 Å². The Kier molecular flexibility index (Phi) is 12.4. The maximum absolute atomic E-state index is 15.6. The predicted molar refractivity (Wildman–Crippen MR) is 419 cm³/mol. The minimum Gasteiger partial charge on any atom is -0.309 e. The van der Waals surface area contributed by atoms with Crippen molar-refractivity contribution >= 4 is 137 Å². The van der Waals surface area contributed by atoms with Crippen molar-refractivity contribution in [1.82, 2.24) is 27.4 Å². The molecule has 0 N–H and O–H groups in total. The van der Waals surface area contributed by atoms with Gasteiger partial charge in [0.15, 0.2) is 5.69 Å². The lowest BCUT2D eigenvalue weighted by atomic mass is 9.91. The molecule has 21 rings (SSSR count). The number of hydrogen-bond acceptors (Lipinski definition) is 0.